The van der Waals surface area contributed by atoms with Crippen LogP contribution in [0.25, 0.3) is 11.4 Å². The minimum atomic E-state index is -4.20. The Hall–Kier alpha value is -2.88. The fourth-order valence-electron chi connectivity index (χ4n) is 1.91. The third kappa shape index (κ3) is 3.16. The van der Waals surface area contributed by atoms with Crippen molar-refractivity contribution < 1.29 is 17.2 Å². The number of H-pyrrole nitrogens is 1. The second-order valence-corrected chi connectivity index (χ2v) is 6.16. The van der Waals surface area contributed by atoms with Gasteiger partial charge in [0.25, 0.3) is 10.0 Å². The molecule has 3 aromatic rings. The van der Waals surface area contributed by atoms with Crippen molar-refractivity contribution in [3.8, 4) is 11.4 Å². The van der Waals surface area contributed by atoms with E-state index in [0.717, 1.165) is 12.1 Å². The number of sulfonamides is 1. The molecule has 2 N–H and O–H groups in total. The zero-order chi connectivity index (χ0) is 16.4. The molecular formula is C13H9F2N5O2S. The molecule has 0 spiro atoms. The summed E-state index contributed by atoms with van der Waals surface area (Å²) >= 11 is 0. The highest BCUT2D eigenvalue weighted by Crippen LogP contribution is 2.22. The predicted octanol–water partition coefficient (Wildman–Crippen LogP) is 1.95. The van der Waals surface area contributed by atoms with Gasteiger partial charge < -0.3 is 0 Å². The van der Waals surface area contributed by atoms with Crippen LogP contribution in [0.3, 0.4) is 0 Å². The number of benzene rings is 2. The molecule has 0 saturated heterocycles. The first-order chi connectivity index (χ1) is 11.0. The largest absolute Gasteiger partial charge is 0.280 e. The molecule has 0 atom stereocenters. The Labute approximate surface area is 129 Å². The van der Waals surface area contributed by atoms with Crippen molar-refractivity contribution in [2.75, 3.05) is 4.72 Å². The van der Waals surface area contributed by atoms with Gasteiger partial charge in [-0.2, -0.15) is 0 Å². The molecule has 0 unspecified atom stereocenters. The Morgan fingerprint density at radius 3 is 2.61 bits per heavy atom. The zero-order valence-corrected chi connectivity index (χ0v) is 12.2. The number of hydrogen-bond donors (Lipinski definition) is 2. The van der Waals surface area contributed by atoms with E-state index in [0.29, 0.717) is 17.5 Å². The molecule has 0 saturated carbocycles. The average Bonchev–Trinajstić information content (AvgIpc) is 3.00. The lowest BCUT2D eigenvalue weighted by atomic mass is 10.2. The summed E-state index contributed by atoms with van der Waals surface area (Å²) in [6.45, 7) is 0. The summed E-state index contributed by atoms with van der Waals surface area (Å²) in [6.07, 6.45) is 0. The molecule has 23 heavy (non-hydrogen) atoms. The van der Waals surface area contributed by atoms with Gasteiger partial charge in [0, 0.05) is 17.3 Å². The maximum Gasteiger partial charge on any atom is 0.264 e. The van der Waals surface area contributed by atoms with E-state index in [9.17, 15) is 17.2 Å². The van der Waals surface area contributed by atoms with E-state index >= 15 is 0 Å². The van der Waals surface area contributed by atoms with E-state index in [4.69, 9.17) is 0 Å². The minimum absolute atomic E-state index is 0.183. The third-order valence-electron chi connectivity index (χ3n) is 2.92. The summed E-state index contributed by atoms with van der Waals surface area (Å²) in [5.41, 5.74) is 0.720. The molecule has 0 fully saturated rings. The van der Waals surface area contributed by atoms with Crippen LogP contribution in [0.1, 0.15) is 0 Å². The standard InChI is InChI=1S/C13H9F2N5O2S/c14-9-4-5-12(11(15)7-9)23(21,22)18-10-3-1-2-8(6-10)13-16-19-20-17-13/h1-7,18H,(H,16,17,19,20). The smallest absolute Gasteiger partial charge is 0.264 e. The maximum absolute atomic E-state index is 13.7. The summed E-state index contributed by atoms with van der Waals surface area (Å²) in [6, 6.07) is 8.43. The van der Waals surface area contributed by atoms with Crippen molar-refractivity contribution in [2.24, 2.45) is 0 Å². The lowest BCUT2D eigenvalue weighted by Gasteiger charge is -2.09. The van der Waals surface area contributed by atoms with E-state index in [1.54, 1.807) is 12.1 Å². The highest BCUT2D eigenvalue weighted by Gasteiger charge is 2.20. The van der Waals surface area contributed by atoms with Crippen molar-refractivity contribution in [1.29, 1.82) is 0 Å². The molecule has 118 valence electrons. The van der Waals surface area contributed by atoms with Crippen LogP contribution in [0.5, 0.6) is 0 Å². The molecule has 10 heteroatoms. The van der Waals surface area contributed by atoms with E-state index < -0.39 is 26.6 Å². The Kier molecular flexibility index (Phi) is 3.74. The average molecular weight is 337 g/mol. The number of rotatable bonds is 4. The van der Waals surface area contributed by atoms with Crippen LogP contribution in [-0.4, -0.2) is 29.0 Å². The number of aromatic nitrogens is 4. The summed E-state index contributed by atoms with van der Waals surface area (Å²) < 4.78 is 53.2. The van der Waals surface area contributed by atoms with Crippen LogP contribution in [0.4, 0.5) is 14.5 Å². The first-order valence-electron chi connectivity index (χ1n) is 6.28. The number of halogens is 2. The SMILES string of the molecule is O=S(=O)(Nc1cccc(-c2nnn[nH]2)c1)c1ccc(F)cc1F. The Morgan fingerprint density at radius 1 is 1.09 bits per heavy atom. The molecular weight excluding hydrogens is 328 g/mol. The molecule has 0 aliphatic rings. The lowest BCUT2D eigenvalue weighted by molar-refractivity contribution is 0.551. The van der Waals surface area contributed by atoms with Gasteiger partial charge in [0.1, 0.15) is 16.5 Å². The molecule has 0 aliphatic carbocycles. The minimum Gasteiger partial charge on any atom is -0.280 e. The second-order valence-electron chi connectivity index (χ2n) is 4.51. The van der Waals surface area contributed by atoms with Gasteiger partial charge in [0.05, 0.1) is 0 Å². The number of anilines is 1. The third-order valence-corrected chi connectivity index (χ3v) is 4.33. The number of tetrazole rings is 1. The van der Waals surface area contributed by atoms with Gasteiger partial charge in [-0.25, -0.2) is 22.3 Å². The van der Waals surface area contributed by atoms with Crippen LogP contribution in [0, 0.1) is 11.6 Å². The monoisotopic (exact) mass is 337 g/mol. The van der Waals surface area contributed by atoms with Crippen molar-refractivity contribution in [3.63, 3.8) is 0 Å². The molecule has 7 nitrogen and oxygen atoms in total. The number of aromatic amines is 1. The first-order valence-corrected chi connectivity index (χ1v) is 7.76. The fourth-order valence-corrected chi connectivity index (χ4v) is 3.02. The fraction of sp³-hybridized carbons (Fsp3) is 0. The van der Waals surface area contributed by atoms with Gasteiger partial charge >= 0.3 is 0 Å². The van der Waals surface area contributed by atoms with E-state index in [1.165, 1.54) is 12.1 Å². The van der Waals surface area contributed by atoms with Gasteiger partial charge in [0.15, 0.2) is 5.82 Å². The van der Waals surface area contributed by atoms with Gasteiger partial charge in [-0.3, -0.25) is 4.72 Å². The molecule has 0 amide bonds. The number of nitrogens with one attached hydrogen (secondary N) is 2. The highest BCUT2D eigenvalue weighted by molar-refractivity contribution is 7.92. The van der Waals surface area contributed by atoms with Gasteiger partial charge in [-0.15, -0.1) is 5.10 Å². The van der Waals surface area contributed by atoms with E-state index in [-0.39, 0.29) is 5.69 Å². The molecule has 0 aliphatic heterocycles. The molecule has 2 aromatic carbocycles. The molecule has 3 rings (SSSR count). The van der Waals surface area contributed by atoms with Gasteiger partial charge in [-0.1, -0.05) is 12.1 Å². The predicted molar refractivity (Wildman–Crippen MR) is 76.8 cm³/mol. The molecule has 0 radical (unpaired) electrons. The van der Waals surface area contributed by atoms with Gasteiger partial charge in [0.2, 0.25) is 0 Å². The number of nitrogens with zero attached hydrogens (tertiary/aromatic N) is 3. The van der Waals surface area contributed by atoms with Crippen molar-refractivity contribution in [3.05, 3.63) is 54.1 Å². The van der Waals surface area contributed by atoms with Crippen molar-refractivity contribution >= 4 is 15.7 Å². The van der Waals surface area contributed by atoms with Crippen LogP contribution >= 0.6 is 0 Å². The summed E-state index contributed by atoms with van der Waals surface area (Å²) in [5.74, 6) is -1.69. The Morgan fingerprint density at radius 2 is 1.91 bits per heavy atom. The van der Waals surface area contributed by atoms with E-state index in [2.05, 4.69) is 25.3 Å². The lowest BCUT2D eigenvalue weighted by Crippen LogP contribution is -2.14. The zero-order valence-electron chi connectivity index (χ0n) is 11.4. The summed E-state index contributed by atoms with van der Waals surface area (Å²) in [5, 5.41) is 13.1. The second kappa shape index (κ2) is 5.72. The highest BCUT2D eigenvalue weighted by atomic mass is 32.2. The van der Waals surface area contributed by atoms with Crippen molar-refractivity contribution in [2.45, 2.75) is 4.90 Å². The normalized spacial score (nSPS) is 11.4. The topological polar surface area (TPSA) is 101 Å². The summed E-state index contributed by atoms with van der Waals surface area (Å²) in [7, 11) is -4.20. The molecule has 1 heterocycles. The quantitative estimate of drug-likeness (QED) is 0.758. The van der Waals surface area contributed by atoms with Crippen LogP contribution in [0.2, 0.25) is 0 Å². The number of hydrogen-bond acceptors (Lipinski definition) is 5. The Balaban J connectivity index is 1.93. The first kappa shape index (κ1) is 15.0. The molecule has 0 bridgehead atoms. The van der Waals surface area contributed by atoms with Crippen LogP contribution < -0.4 is 4.72 Å². The summed E-state index contributed by atoms with van der Waals surface area (Å²) in [4.78, 5) is -0.648. The van der Waals surface area contributed by atoms with Crippen LogP contribution in [0.15, 0.2) is 47.4 Å². The van der Waals surface area contributed by atoms with Crippen molar-refractivity contribution in [1.82, 2.24) is 20.6 Å². The molecule has 1 aromatic heterocycles. The van der Waals surface area contributed by atoms with E-state index in [1.807, 2.05) is 0 Å². The van der Waals surface area contributed by atoms with Gasteiger partial charge in [-0.05, 0) is 34.7 Å². The maximum atomic E-state index is 13.7. The Bertz CT molecular complexity index is 945. The van der Waals surface area contributed by atoms with Crippen LogP contribution in [-0.2, 0) is 10.0 Å².